The lowest BCUT2D eigenvalue weighted by molar-refractivity contribution is 0.0834. The van der Waals surface area contributed by atoms with Gasteiger partial charge in [0, 0.05) is 0 Å². The van der Waals surface area contributed by atoms with Crippen LogP contribution in [0.2, 0.25) is 0 Å². The first kappa shape index (κ1) is 12.6. The number of nitrogens with zero attached hydrogens (tertiary/aromatic N) is 2. The number of aliphatic hydroxyl groups is 3. The molecule has 0 aliphatic carbocycles. The van der Waals surface area contributed by atoms with Crippen LogP contribution in [-0.4, -0.2) is 51.0 Å². The SMILES string of the molecule is Nc1ccc(NC(CO)(CO)CO)c2nonc12. The number of nitrogen functional groups attached to an aromatic ring is 1. The van der Waals surface area contributed by atoms with E-state index in [2.05, 4.69) is 20.3 Å². The molecule has 0 radical (unpaired) electrons. The minimum Gasteiger partial charge on any atom is -0.397 e. The molecule has 1 aromatic heterocycles. The third-order valence-corrected chi connectivity index (χ3v) is 2.75. The summed E-state index contributed by atoms with van der Waals surface area (Å²) < 4.78 is 4.59. The fourth-order valence-corrected chi connectivity index (χ4v) is 1.54. The number of benzene rings is 1. The summed E-state index contributed by atoms with van der Waals surface area (Å²) in [5, 5.41) is 37.9. The van der Waals surface area contributed by atoms with Crippen LogP contribution in [0.15, 0.2) is 16.8 Å². The van der Waals surface area contributed by atoms with Gasteiger partial charge in [0.25, 0.3) is 0 Å². The quantitative estimate of drug-likeness (QED) is 0.425. The van der Waals surface area contributed by atoms with Gasteiger partial charge in [0.1, 0.15) is 5.54 Å². The van der Waals surface area contributed by atoms with Crippen molar-refractivity contribution in [1.82, 2.24) is 10.3 Å². The minimum absolute atomic E-state index is 0.370. The van der Waals surface area contributed by atoms with Crippen LogP contribution in [0, 0.1) is 0 Å². The van der Waals surface area contributed by atoms with Crippen molar-refractivity contribution in [3.63, 3.8) is 0 Å². The molecule has 0 aliphatic heterocycles. The average Bonchev–Trinajstić information content (AvgIpc) is 2.89. The number of nitrogens with two attached hydrogens (primary N) is 1. The highest BCUT2D eigenvalue weighted by atomic mass is 16.6. The van der Waals surface area contributed by atoms with E-state index in [-0.39, 0.29) is 0 Å². The van der Waals surface area contributed by atoms with Gasteiger partial charge in [-0.3, -0.25) is 0 Å². The van der Waals surface area contributed by atoms with Gasteiger partial charge in [-0.1, -0.05) is 0 Å². The minimum atomic E-state index is -1.25. The van der Waals surface area contributed by atoms with E-state index in [9.17, 15) is 15.3 Å². The van der Waals surface area contributed by atoms with E-state index in [1.54, 1.807) is 12.1 Å². The number of aromatic nitrogens is 2. The third kappa shape index (κ3) is 1.96. The number of hydrogen-bond acceptors (Lipinski definition) is 8. The van der Waals surface area contributed by atoms with Crippen molar-refractivity contribution in [2.75, 3.05) is 30.9 Å². The zero-order valence-electron chi connectivity index (χ0n) is 9.50. The van der Waals surface area contributed by atoms with Crippen molar-refractivity contribution in [2.24, 2.45) is 0 Å². The van der Waals surface area contributed by atoms with Gasteiger partial charge in [0.15, 0.2) is 11.0 Å². The average molecular weight is 254 g/mol. The van der Waals surface area contributed by atoms with Gasteiger partial charge in [-0.2, -0.15) is 0 Å². The standard InChI is InChI=1S/C10H14N4O4/c11-6-1-2-7(9-8(6)13-18-14-9)12-10(3-15,4-16)5-17/h1-2,12,15-17H,3-5,11H2. The van der Waals surface area contributed by atoms with E-state index < -0.39 is 25.4 Å². The van der Waals surface area contributed by atoms with Crippen LogP contribution in [0.1, 0.15) is 0 Å². The second-order valence-corrected chi connectivity index (χ2v) is 4.04. The van der Waals surface area contributed by atoms with Crippen LogP contribution in [0.4, 0.5) is 11.4 Å². The van der Waals surface area contributed by atoms with Crippen LogP contribution in [0.5, 0.6) is 0 Å². The zero-order valence-corrected chi connectivity index (χ0v) is 9.50. The Balaban J connectivity index is 2.43. The smallest absolute Gasteiger partial charge is 0.160 e. The lowest BCUT2D eigenvalue weighted by Crippen LogP contribution is -2.49. The monoisotopic (exact) mass is 254 g/mol. The Labute approximate surface area is 102 Å². The molecule has 18 heavy (non-hydrogen) atoms. The maximum Gasteiger partial charge on any atom is 0.160 e. The molecule has 2 rings (SSSR count). The van der Waals surface area contributed by atoms with E-state index in [0.717, 1.165) is 0 Å². The van der Waals surface area contributed by atoms with Gasteiger partial charge < -0.3 is 26.4 Å². The molecule has 1 heterocycles. The second kappa shape index (κ2) is 4.77. The van der Waals surface area contributed by atoms with Gasteiger partial charge in [-0.15, -0.1) is 0 Å². The lowest BCUT2D eigenvalue weighted by Gasteiger charge is -2.29. The van der Waals surface area contributed by atoms with Crippen LogP contribution in [0.3, 0.4) is 0 Å². The highest BCUT2D eigenvalue weighted by Crippen LogP contribution is 2.27. The first-order valence-electron chi connectivity index (χ1n) is 5.27. The first-order valence-corrected chi connectivity index (χ1v) is 5.27. The number of anilines is 2. The van der Waals surface area contributed by atoms with Gasteiger partial charge in [0.05, 0.1) is 31.2 Å². The van der Waals surface area contributed by atoms with Crippen LogP contribution >= 0.6 is 0 Å². The Hall–Kier alpha value is -1.90. The largest absolute Gasteiger partial charge is 0.397 e. The van der Waals surface area contributed by atoms with Crippen molar-refractivity contribution < 1.29 is 19.9 Å². The first-order chi connectivity index (χ1) is 8.65. The fourth-order valence-electron chi connectivity index (χ4n) is 1.54. The molecule has 2 aromatic rings. The molecule has 0 spiro atoms. The molecule has 0 saturated carbocycles. The molecular weight excluding hydrogens is 240 g/mol. The topological polar surface area (TPSA) is 138 Å². The van der Waals surface area contributed by atoms with Crippen LogP contribution < -0.4 is 11.1 Å². The van der Waals surface area contributed by atoms with E-state index in [0.29, 0.717) is 22.4 Å². The maximum atomic E-state index is 9.25. The van der Waals surface area contributed by atoms with Crippen molar-refractivity contribution in [3.05, 3.63) is 12.1 Å². The summed E-state index contributed by atoms with van der Waals surface area (Å²) in [7, 11) is 0. The van der Waals surface area contributed by atoms with E-state index >= 15 is 0 Å². The van der Waals surface area contributed by atoms with Crippen molar-refractivity contribution >= 4 is 22.4 Å². The molecule has 0 saturated heterocycles. The molecule has 98 valence electrons. The van der Waals surface area contributed by atoms with Crippen LogP contribution in [0.25, 0.3) is 11.0 Å². The highest BCUT2D eigenvalue weighted by Gasteiger charge is 2.29. The molecule has 8 heteroatoms. The van der Waals surface area contributed by atoms with Gasteiger partial charge in [-0.25, -0.2) is 4.63 Å². The molecule has 8 nitrogen and oxygen atoms in total. The molecule has 0 atom stereocenters. The molecule has 0 unspecified atom stereocenters. The molecule has 0 fully saturated rings. The summed E-state index contributed by atoms with van der Waals surface area (Å²) in [6.07, 6.45) is 0. The Morgan fingerprint density at radius 3 is 2.33 bits per heavy atom. The van der Waals surface area contributed by atoms with Crippen molar-refractivity contribution in [3.8, 4) is 0 Å². The summed E-state index contributed by atoms with van der Waals surface area (Å²) >= 11 is 0. The van der Waals surface area contributed by atoms with Gasteiger partial charge >= 0.3 is 0 Å². The lowest BCUT2D eigenvalue weighted by atomic mass is 10.0. The second-order valence-electron chi connectivity index (χ2n) is 4.04. The van der Waals surface area contributed by atoms with E-state index in [1.165, 1.54) is 0 Å². The Bertz CT molecular complexity index is 529. The number of aliphatic hydroxyl groups excluding tert-OH is 3. The Morgan fingerprint density at radius 1 is 1.11 bits per heavy atom. The normalized spacial score (nSPS) is 11.9. The molecule has 1 aromatic carbocycles. The highest BCUT2D eigenvalue weighted by molar-refractivity contribution is 5.95. The van der Waals surface area contributed by atoms with E-state index in [1.807, 2.05) is 0 Å². The number of hydrogen-bond donors (Lipinski definition) is 5. The van der Waals surface area contributed by atoms with E-state index in [4.69, 9.17) is 5.73 Å². The molecule has 0 amide bonds. The molecule has 6 N–H and O–H groups in total. The Morgan fingerprint density at radius 2 is 1.72 bits per heavy atom. The number of fused-ring (bicyclic) bond motifs is 1. The summed E-state index contributed by atoms with van der Waals surface area (Å²) in [6, 6.07) is 3.20. The summed E-state index contributed by atoms with van der Waals surface area (Å²) in [5.41, 5.74) is 6.05. The van der Waals surface area contributed by atoms with Gasteiger partial charge in [-0.05, 0) is 22.4 Å². The maximum absolute atomic E-state index is 9.25. The van der Waals surface area contributed by atoms with Crippen molar-refractivity contribution in [2.45, 2.75) is 5.54 Å². The number of nitrogens with one attached hydrogen (secondary N) is 1. The Kier molecular flexibility index (Phi) is 3.32. The summed E-state index contributed by atoms with van der Waals surface area (Å²) in [6.45, 7) is -1.34. The number of rotatable bonds is 5. The third-order valence-electron chi connectivity index (χ3n) is 2.75. The summed E-state index contributed by atoms with van der Waals surface area (Å²) in [5.74, 6) is 0. The van der Waals surface area contributed by atoms with Crippen molar-refractivity contribution in [1.29, 1.82) is 0 Å². The molecule has 0 aliphatic rings. The predicted octanol–water partition coefficient (Wildman–Crippen LogP) is -1.07. The zero-order chi connectivity index (χ0) is 13.2. The fraction of sp³-hybridized carbons (Fsp3) is 0.400. The predicted molar refractivity (Wildman–Crippen MR) is 63.8 cm³/mol. The van der Waals surface area contributed by atoms with Gasteiger partial charge in [0.2, 0.25) is 0 Å². The molecular formula is C10H14N4O4. The van der Waals surface area contributed by atoms with Crippen LogP contribution in [-0.2, 0) is 0 Å². The summed E-state index contributed by atoms with van der Waals surface area (Å²) in [4.78, 5) is 0. The molecule has 0 bridgehead atoms.